The summed E-state index contributed by atoms with van der Waals surface area (Å²) in [7, 11) is 0. The highest BCUT2D eigenvalue weighted by molar-refractivity contribution is 9.10. The molecule has 1 N–H and O–H groups in total. The molecular weight excluding hydrogens is 228 g/mol. The highest BCUT2D eigenvalue weighted by Gasteiger charge is 2.13. The number of hydrogen-bond acceptors (Lipinski definition) is 2. The van der Waals surface area contributed by atoms with Crippen molar-refractivity contribution in [2.75, 3.05) is 0 Å². The largest absolute Gasteiger partial charge is 0.477 e. The fourth-order valence-electron chi connectivity index (χ4n) is 0.870. The van der Waals surface area contributed by atoms with Gasteiger partial charge in [0.25, 0.3) is 0 Å². The lowest BCUT2D eigenvalue weighted by Crippen LogP contribution is -1.96. The molecule has 0 aromatic carbocycles. The average Bonchev–Trinajstić information content (AvgIpc) is 2.30. The van der Waals surface area contributed by atoms with Gasteiger partial charge in [-0.05, 0) is 27.9 Å². The number of carboxylic acid groups (broad SMARTS) is 1. The minimum atomic E-state index is -0.836. The van der Waals surface area contributed by atoms with E-state index < -0.39 is 5.97 Å². The van der Waals surface area contributed by atoms with E-state index in [1.807, 2.05) is 12.3 Å². The molecule has 1 aromatic rings. The second-order valence-electron chi connectivity index (χ2n) is 2.05. The van der Waals surface area contributed by atoms with E-state index in [9.17, 15) is 4.79 Å². The van der Waals surface area contributed by atoms with Crippen LogP contribution >= 0.6 is 27.3 Å². The molecule has 0 bridgehead atoms. The Bertz CT molecular complexity index is 280. The van der Waals surface area contributed by atoms with Crippen LogP contribution in [0.1, 0.15) is 22.2 Å². The second-order valence-corrected chi connectivity index (χ2v) is 3.78. The topological polar surface area (TPSA) is 37.3 Å². The van der Waals surface area contributed by atoms with Crippen LogP contribution in [0.5, 0.6) is 0 Å². The van der Waals surface area contributed by atoms with Crippen molar-refractivity contribution < 1.29 is 9.90 Å². The minimum Gasteiger partial charge on any atom is -0.477 e. The zero-order valence-corrected chi connectivity index (χ0v) is 8.33. The van der Waals surface area contributed by atoms with Crippen LogP contribution < -0.4 is 0 Å². The summed E-state index contributed by atoms with van der Waals surface area (Å²) in [6.45, 7) is 1.94. The summed E-state index contributed by atoms with van der Waals surface area (Å²) >= 11 is 4.56. The fourth-order valence-corrected chi connectivity index (χ4v) is 2.62. The lowest BCUT2D eigenvalue weighted by Gasteiger charge is -1.94. The molecule has 1 heterocycles. The van der Waals surface area contributed by atoms with Crippen molar-refractivity contribution in [2.45, 2.75) is 13.3 Å². The van der Waals surface area contributed by atoms with Crippen LogP contribution in [-0.2, 0) is 6.42 Å². The van der Waals surface area contributed by atoms with E-state index in [-0.39, 0.29) is 0 Å². The van der Waals surface area contributed by atoms with Gasteiger partial charge in [-0.15, -0.1) is 11.3 Å². The fraction of sp³-hybridized carbons (Fsp3) is 0.286. The van der Waals surface area contributed by atoms with Gasteiger partial charge in [-0.3, -0.25) is 0 Å². The molecule has 0 saturated carbocycles. The molecule has 4 heteroatoms. The normalized spacial score (nSPS) is 10.0. The Balaban J connectivity index is 3.15. The standard InChI is InChI=1S/C7H7BrO2S/c1-2-4-5(8)3-11-6(4)7(9)10/h3H,2H2,1H3,(H,9,10). The van der Waals surface area contributed by atoms with Gasteiger partial charge in [0, 0.05) is 9.85 Å². The number of carboxylic acids is 1. The predicted molar refractivity (Wildman–Crippen MR) is 48.4 cm³/mol. The number of halogens is 1. The Kier molecular flexibility index (Phi) is 2.67. The first-order chi connectivity index (χ1) is 5.16. The monoisotopic (exact) mass is 234 g/mol. The molecule has 0 radical (unpaired) electrons. The maximum absolute atomic E-state index is 10.6. The van der Waals surface area contributed by atoms with Gasteiger partial charge in [0.1, 0.15) is 4.88 Å². The Morgan fingerprint density at radius 2 is 2.45 bits per heavy atom. The van der Waals surface area contributed by atoms with E-state index in [1.54, 1.807) is 0 Å². The van der Waals surface area contributed by atoms with Crippen molar-refractivity contribution in [3.63, 3.8) is 0 Å². The second kappa shape index (κ2) is 3.36. The van der Waals surface area contributed by atoms with Crippen molar-refractivity contribution in [3.05, 3.63) is 20.3 Å². The molecule has 0 aliphatic rings. The van der Waals surface area contributed by atoms with E-state index in [0.29, 0.717) is 4.88 Å². The molecule has 0 fully saturated rings. The van der Waals surface area contributed by atoms with Crippen molar-refractivity contribution in [1.82, 2.24) is 0 Å². The summed E-state index contributed by atoms with van der Waals surface area (Å²) in [6.07, 6.45) is 0.756. The SMILES string of the molecule is CCc1c(Br)csc1C(=O)O. The van der Waals surface area contributed by atoms with Gasteiger partial charge in [0.15, 0.2) is 0 Å². The van der Waals surface area contributed by atoms with Gasteiger partial charge in [-0.1, -0.05) is 6.92 Å². The van der Waals surface area contributed by atoms with Gasteiger partial charge in [-0.2, -0.15) is 0 Å². The number of thiophene rings is 1. The first-order valence-electron chi connectivity index (χ1n) is 3.16. The van der Waals surface area contributed by atoms with Gasteiger partial charge in [0.2, 0.25) is 0 Å². The molecule has 0 aliphatic heterocycles. The van der Waals surface area contributed by atoms with Crippen molar-refractivity contribution >= 4 is 33.2 Å². The quantitative estimate of drug-likeness (QED) is 0.855. The van der Waals surface area contributed by atoms with E-state index >= 15 is 0 Å². The van der Waals surface area contributed by atoms with Crippen molar-refractivity contribution in [2.24, 2.45) is 0 Å². The molecule has 0 unspecified atom stereocenters. The minimum absolute atomic E-state index is 0.444. The molecule has 0 amide bonds. The van der Waals surface area contributed by atoms with Gasteiger partial charge in [0.05, 0.1) is 0 Å². The Hall–Kier alpha value is -0.350. The lowest BCUT2D eigenvalue weighted by atomic mass is 10.2. The summed E-state index contributed by atoms with van der Waals surface area (Å²) < 4.78 is 0.905. The molecule has 2 nitrogen and oxygen atoms in total. The average molecular weight is 235 g/mol. The Morgan fingerprint density at radius 1 is 1.82 bits per heavy atom. The number of carbonyl (C=O) groups is 1. The Morgan fingerprint density at radius 3 is 2.82 bits per heavy atom. The molecule has 60 valence electrons. The molecule has 0 aliphatic carbocycles. The Labute approximate surface area is 77.0 Å². The summed E-state index contributed by atoms with van der Waals surface area (Å²) in [5.74, 6) is -0.836. The lowest BCUT2D eigenvalue weighted by molar-refractivity contribution is 0.0701. The summed E-state index contributed by atoms with van der Waals surface area (Å²) in [5, 5.41) is 10.5. The zero-order chi connectivity index (χ0) is 8.43. The van der Waals surface area contributed by atoms with E-state index in [1.165, 1.54) is 11.3 Å². The first-order valence-corrected chi connectivity index (χ1v) is 4.83. The highest BCUT2D eigenvalue weighted by atomic mass is 79.9. The van der Waals surface area contributed by atoms with Gasteiger partial charge < -0.3 is 5.11 Å². The van der Waals surface area contributed by atoms with Crippen molar-refractivity contribution in [1.29, 1.82) is 0 Å². The van der Waals surface area contributed by atoms with Gasteiger partial charge in [-0.25, -0.2) is 4.79 Å². The number of aromatic carboxylic acids is 1. The highest BCUT2D eigenvalue weighted by Crippen LogP contribution is 2.27. The number of rotatable bonds is 2. The molecule has 11 heavy (non-hydrogen) atoms. The summed E-state index contributed by atoms with van der Waals surface area (Å²) in [5.41, 5.74) is 0.891. The smallest absolute Gasteiger partial charge is 0.346 e. The maximum Gasteiger partial charge on any atom is 0.346 e. The molecule has 1 aromatic heterocycles. The summed E-state index contributed by atoms with van der Waals surface area (Å²) in [6, 6.07) is 0. The van der Waals surface area contributed by atoms with Crippen LogP contribution in [0.3, 0.4) is 0 Å². The van der Waals surface area contributed by atoms with Crippen LogP contribution in [0.4, 0.5) is 0 Å². The molecule has 0 saturated heterocycles. The van der Waals surface area contributed by atoms with Crippen LogP contribution in [0.25, 0.3) is 0 Å². The first kappa shape index (κ1) is 8.74. The summed E-state index contributed by atoms with van der Waals surface area (Å²) in [4.78, 5) is 11.0. The third-order valence-corrected chi connectivity index (χ3v) is 3.41. The van der Waals surface area contributed by atoms with Crippen molar-refractivity contribution in [3.8, 4) is 0 Å². The molecular formula is C7H7BrO2S. The molecule has 0 spiro atoms. The van der Waals surface area contributed by atoms with Crippen LogP contribution in [-0.4, -0.2) is 11.1 Å². The molecule has 0 atom stereocenters. The van der Waals surface area contributed by atoms with E-state index in [4.69, 9.17) is 5.11 Å². The predicted octanol–water partition coefficient (Wildman–Crippen LogP) is 2.77. The van der Waals surface area contributed by atoms with E-state index in [0.717, 1.165) is 16.5 Å². The molecule has 1 rings (SSSR count). The third kappa shape index (κ3) is 1.62. The van der Waals surface area contributed by atoms with E-state index in [2.05, 4.69) is 15.9 Å². The number of hydrogen-bond donors (Lipinski definition) is 1. The van der Waals surface area contributed by atoms with Gasteiger partial charge >= 0.3 is 5.97 Å². The zero-order valence-electron chi connectivity index (χ0n) is 5.93. The van der Waals surface area contributed by atoms with Crippen LogP contribution in [0, 0.1) is 0 Å². The van der Waals surface area contributed by atoms with Crippen LogP contribution in [0.15, 0.2) is 9.85 Å². The van der Waals surface area contributed by atoms with Crippen LogP contribution in [0.2, 0.25) is 0 Å². The maximum atomic E-state index is 10.6. The third-order valence-electron chi connectivity index (χ3n) is 1.39.